The van der Waals surface area contributed by atoms with E-state index in [4.69, 9.17) is 5.73 Å². The summed E-state index contributed by atoms with van der Waals surface area (Å²) in [5.41, 5.74) is 6.17. The highest BCUT2D eigenvalue weighted by Gasteiger charge is 2.33. The summed E-state index contributed by atoms with van der Waals surface area (Å²) in [6, 6.07) is 2.53. The van der Waals surface area contributed by atoms with E-state index >= 15 is 0 Å². The first-order chi connectivity index (χ1) is 9.29. The van der Waals surface area contributed by atoms with Crippen molar-refractivity contribution in [3.63, 3.8) is 0 Å². The van der Waals surface area contributed by atoms with E-state index in [0.717, 1.165) is 31.0 Å². The van der Waals surface area contributed by atoms with Crippen LogP contribution in [-0.4, -0.2) is 19.9 Å². The maximum Gasteiger partial charge on any atom is 0.150 e. The Morgan fingerprint density at radius 2 is 2.00 bits per heavy atom. The normalized spacial score (nSPS) is 25.4. The molecule has 0 spiro atoms. The smallest absolute Gasteiger partial charge is 0.150 e. The fourth-order valence-corrected chi connectivity index (χ4v) is 4.11. The minimum absolute atomic E-state index is 0.129. The fourth-order valence-electron chi connectivity index (χ4n) is 2.92. The average molecular weight is 303 g/mol. The molecular weight excluding hydrogens is 284 g/mol. The van der Waals surface area contributed by atoms with Gasteiger partial charge in [-0.1, -0.05) is 6.42 Å². The average Bonchev–Trinajstić information content (AvgIpc) is 2.40. The van der Waals surface area contributed by atoms with Crippen LogP contribution in [0.1, 0.15) is 37.3 Å². The Bertz CT molecular complexity index is 589. The van der Waals surface area contributed by atoms with Crippen LogP contribution in [0.3, 0.4) is 0 Å². The van der Waals surface area contributed by atoms with Crippen molar-refractivity contribution in [2.24, 2.45) is 11.7 Å². The van der Waals surface area contributed by atoms with Crippen LogP contribution >= 0.6 is 0 Å². The minimum atomic E-state index is -3.12. The second-order valence-electron chi connectivity index (χ2n) is 5.57. The summed E-state index contributed by atoms with van der Waals surface area (Å²) in [6.45, 7) is 0. The van der Waals surface area contributed by atoms with E-state index in [2.05, 4.69) is 0 Å². The molecular formula is C14H19F2NO2S. The monoisotopic (exact) mass is 303 g/mol. The number of hydrogen-bond donors (Lipinski definition) is 1. The molecule has 2 N–H and O–H groups in total. The van der Waals surface area contributed by atoms with E-state index in [-0.39, 0.29) is 11.5 Å². The molecule has 1 aliphatic rings. The first-order valence-electron chi connectivity index (χ1n) is 6.68. The quantitative estimate of drug-likeness (QED) is 0.933. The summed E-state index contributed by atoms with van der Waals surface area (Å²) in [5.74, 6) is -1.22. The number of benzene rings is 1. The van der Waals surface area contributed by atoms with Gasteiger partial charge >= 0.3 is 0 Å². The third-order valence-corrected chi connectivity index (χ3v) is 5.74. The molecule has 20 heavy (non-hydrogen) atoms. The van der Waals surface area contributed by atoms with E-state index < -0.39 is 32.8 Å². The van der Waals surface area contributed by atoms with Gasteiger partial charge in [-0.25, -0.2) is 17.2 Å². The van der Waals surface area contributed by atoms with Crippen LogP contribution in [0.5, 0.6) is 0 Å². The zero-order valence-corrected chi connectivity index (χ0v) is 12.2. The molecule has 3 atom stereocenters. The van der Waals surface area contributed by atoms with Crippen molar-refractivity contribution in [2.45, 2.75) is 37.0 Å². The van der Waals surface area contributed by atoms with Crippen LogP contribution in [0.2, 0.25) is 0 Å². The Kier molecular flexibility index (Phi) is 4.44. The molecule has 2 rings (SSSR count). The van der Waals surface area contributed by atoms with Crippen molar-refractivity contribution >= 4 is 9.84 Å². The Hall–Kier alpha value is -1.01. The predicted octanol–water partition coefficient (Wildman–Crippen LogP) is 2.57. The van der Waals surface area contributed by atoms with Gasteiger partial charge in [-0.05, 0) is 43.4 Å². The second kappa shape index (κ2) is 5.77. The number of halogens is 2. The Morgan fingerprint density at radius 1 is 1.30 bits per heavy atom. The largest absolute Gasteiger partial charge is 0.324 e. The highest BCUT2D eigenvalue weighted by molar-refractivity contribution is 7.91. The highest BCUT2D eigenvalue weighted by Crippen LogP contribution is 2.36. The molecule has 1 aromatic rings. The fraction of sp³-hybridized carbons (Fsp3) is 0.571. The second-order valence-corrected chi connectivity index (χ2v) is 7.90. The lowest BCUT2D eigenvalue weighted by Gasteiger charge is -2.32. The van der Waals surface area contributed by atoms with E-state index in [1.54, 1.807) is 0 Å². The van der Waals surface area contributed by atoms with E-state index in [0.29, 0.717) is 12.8 Å². The van der Waals surface area contributed by atoms with Gasteiger partial charge in [-0.15, -0.1) is 0 Å². The summed E-state index contributed by atoms with van der Waals surface area (Å²) in [7, 11) is -3.12. The molecule has 6 heteroatoms. The minimum Gasteiger partial charge on any atom is -0.324 e. The number of hydrogen-bond acceptors (Lipinski definition) is 3. The lowest BCUT2D eigenvalue weighted by Crippen LogP contribution is -2.33. The molecule has 0 heterocycles. The van der Waals surface area contributed by atoms with Gasteiger partial charge in [0.05, 0.1) is 5.25 Å². The van der Waals surface area contributed by atoms with Crippen molar-refractivity contribution in [1.29, 1.82) is 0 Å². The van der Waals surface area contributed by atoms with Gasteiger partial charge in [-0.3, -0.25) is 0 Å². The Morgan fingerprint density at radius 3 is 2.65 bits per heavy atom. The Labute approximate surface area is 118 Å². The van der Waals surface area contributed by atoms with Gasteiger partial charge in [0.15, 0.2) is 0 Å². The van der Waals surface area contributed by atoms with Crippen molar-refractivity contribution < 1.29 is 17.2 Å². The molecule has 1 fully saturated rings. The standard InChI is InChI=1S/C14H19F2NO2S/c1-20(18,19)11-4-2-3-9(7-11)14(17)12-8-10(15)5-6-13(12)16/h5-6,8-9,11,14H,2-4,7,17H2,1H3. The molecule has 0 aromatic heterocycles. The zero-order chi connectivity index (χ0) is 14.9. The highest BCUT2D eigenvalue weighted by atomic mass is 32.2. The Balaban J connectivity index is 2.20. The molecule has 1 saturated carbocycles. The summed E-state index contributed by atoms with van der Waals surface area (Å²) in [6.07, 6.45) is 3.73. The van der Waals surface area contributed by atoms with Gasteiger partial charge in [0.1, 0.15) is 21.5 Å². The van der Waals surface area contributed by atoms with Gasteiger partial charge < -0.3 is 5.73 Å². The molecule has 3 nitrogen and oxygen atoms in total. The van der Waals surface area contributed by atoms with Crippen LogP contribution in [0.15, 0.2) is 18.2 Å². The molecule has 3 unspecified atom stereocenters. The molecule has 0 amide bonds. The lowest BCUT2D eigenvalue weighted by atomic mass is 9.81. The summed E-state index contributed by atoms with van der Waals surface area (Å²) in [5, 5.41) is -0.427. The summed E-state index contributed by atoms with van der Waals surface area (Å²) < 4.78 is 50.2. The van der Waals surface area contributed by atoms with Crippen LogP contribution in [0.4, 0.5) is 8.78 Å². The van der Waals surface area contributed by atoms with Crippen LogP contribution < -0.4 is 5.73 Å². The van der Waals surface area contributed by atoms with Gasteiger partial charge in [0.25, 0.3) is 0 Å². The van der Waals surface area contributed by atoms with Crippen molar-refractivity contribution in [1.82, 2.24) is 0 Å². The molecule has 112 valence electrons. The van der Waals surface area contributed by atoms with E-state index in [9.17, 15) is 17.2 Å². The number of rotatable bonds is 3. The maximum absolute atomic E-state index is 13.7. The number of nitrogens with two attached hydrogens (primary N) is 1. The van der Waals surface area contributed by atoms with Crippen LogP contribution in [0, 0.1) is 17.6 Å². The van der Waals surface area contributed by atoms with Crippen LogP contribution in [0.25, 0.3) is 0 Å². The van der Waals surface area contributed by atoms with E-state index in [1.807, 2.05) is 0 Å². The van der Waals surface area contributed by atoms with Gasteiger partial charge in [-0.2, -0.15) is 0 Å². The first-order valence-corrected chi connectivity index (χ1v) is 8.64. The maximum atomic E-state index is 13.7. The SMILES string of the molecule is CS(=O)(=O)C1CCCC(C(N)c2cc(F)ccc2F)C1. The molecule has 1 aromatic carbocycles. The topological polar surface area (TPSA) is 60.2 Å². The number of sulfone groups is 1. The van der Waals surface area contributed by atoms with Crippen molar-refractivity contribution in [2.75, 3.05) is 6.26 Å². The van der Waals surface area contributed by atoms with Crippen molar-refractivity contribution in [3.8, 4) is 0 Å². The summed E-state index contributed by atoms with van der Waals surface area (Å²) in [4.78, 5) is 0. The van der Waals surface area contributed by atoms with Gasteiger partial charge in [0.2, 0.25) is 0 Å². The molecule has 0 bridgehead atoms. The molecule has 0 saturated heterocycles. The zero-order valence-electron chi connectivity index (χ0n) is 11.4. The third-order valence-electron chi connectivity index (χ3n) is 4.10. The third kappa shape index (κ3) is 3.35. The first kappa shape index (κ1) is 15.4. The van der Waals surface area contributed by atoms with Gasteiger partial charge in [0, 0.05) is 17.9 Å². The lowest BCUT2D eigenvalue weighted by molar-refractivity contribution is 0.303. The molecule has 0 aliphatic heterocycles. The van der Waals surface area contributed by atoms with Crippen LogP contribution in [-0.2, 0) is 9.84 Å². The molecule has 0 radical (unpaired) electrons. The van der Waals surface area contributed by atoms with Crippen molar-refractivity contribution in [3.05, 3.63) is 35.4 Å². The summed E-state index contributed by atoms with van der Waals surface area (Å²) >= 11 is 0. The molecule has 1 aliphatic carbocycles. The van der Waals surface area contributed by atoms with E-state index in [1.165, 1.54) is 6.26 Å². The predicted molar refractivity (Wildman–Crippen MR) is 73.9 cm³/mol.